The van der Waals surface area contributed by atoms with E-state index in [0.717, 1.165) is 38.5 Å². The summed E-state index contributed by atoms with van der Waals surface area (Å²) in [5.74, 6) is -1.06. The highest BCUT2D eigenvalue weighted by Gasteiger charge is 2.23. The van der Waals surface area contributed by atoms with E-state index in [2.05, 4.69) is 6.92 Å². The van der Waals surface area contributed by atoms with Crippen LogP contribution in [0.25, 0.3) is 0 Å². The first-order valence-corrected chi connectivity index (χ1v) is 11.6. The van der Waals surface area contributed by atoms with Crippen molar-refractivity contribution in [2.24, 2.45) is 5.41 Å². The average Bonchev–Trinajstić information content (AvgIpc) is 2.73. The Hall–Kier alpha value is -1.71. The van der Waals surface area contributed by atoms with Gasteiger partial charge in [0.05, 0.1) is 19.8 Å². The molecule has 0 saturated heterocycles. The third kappa shape index (κ3) is 17.9. The lowest BCUT2D eigenvalue weighted by molar-refractivity contribution is -0.149. The molecule has 0 bridgehead atoms. The van der Waals surface area contributed by atoms with Crippen LogP contribution in [0.2, 0.25) is 0 Å². The zero-order valence-corrected chi connectivity index (χ0v) is 20.3. The maximum absolute atomic E-state index is 11.3. The molecule has 9 heteroatoms. The first-order valence-electron chi connectivity index (χ1n) is 11.6. The number of hydrogen-bond donors (Lipinski definition) is 0. The molecule has 188 valence electrons. The summed E-state index contributed by atoms with van der Waals surface area (Å²) in [7, 11) is 0. The summed E-state index contributed by atoms with van der Waals surface area (Å²) in [6, 6.07) is 0. The highest BCUT2D eigenvalue weighted by molar-refractivity contribution is 5.71. The molecular weight excluding hydrogens is 420 g/mol. The number of ether oxygens (including phenoxy) is 6. The van der Waals surface area contributed by atoms with Gasteiger partial charge in [-0.2, -0.15) is 0 Å². The molecule has 0 heterocycles. The van der Waals surface area contributed by atoms with Crippen LogP contribution in [0.1, 0.15) is 66.2 Å². The Morgan fingerprint density at radius 3 is 1.09 bits per heavy atom. The van der Waals surface area contributed by atoms with Gasteiger partial charge in [-0.1, -0.05) is 6.92 Å². The van der Waals surface area contributed by atoms with Crippen LogP contribution < -0.4 is 0 Å². The number of carbonyl (C=O) groups excluding carboxylic acids is 3. The second kappa shape index (κ2) is 19.9. The van der Waals surface area contributed by atoms with Crippen LogP contribution in [-0.2, 0) is 42.8 Å². The molecule has 0 aromatic heterocycles. The molecule has 0 rings (SSSR count). The second-order valence-electron chi connectivity index (χ2n) is 7.69. The highest BCUT2D eigenvalue weighted by Crippen LogP contribution is 2.34. The van der Waals surface area contributed by atoms with E-state index in [1.807, 2.05) is 0 Å². The summed E-state index contributed by atoms with van der Waals surface area (Å²) in [4.78, 5) is 34.0. The molecule has 0 aromatic rings. The van der Waals surface area contributed by atoms with Gasteiger partial charge in [-0.15, -0.1) is 0 Å². The van der Waals surface area contributed by atoms with E-state index in [4.69, 9.17) is 28.4 Å². The summed E-state index contributed by atoms with van der Waals surface area (Å²) in [6.45, 7) is 9.85. The van der Waals surface area contributed by atoms with Crippen molar-refractivity contribution in [1.29, 1.82) is 0 Å². The molecule has 0 fully saturated rings. The third-order valence-corrected chi connectivity index (χ3v) is 4.78. The van der Waals surface area contributed by atoms with E-state index in [1.165, 1.54) is 0 Å². The molecule has 0 aliphatic heterocycles. The van der Waals surface area contributed by atoms with E-state index in [9.17, 15) is 14.4 Å². The summed E-state index contributed by atoms with van der Waals surface area (Å²) in [5, 5.41) is 0. The molecule has 0 radical (unpaired) electrons. The first kappa shape index (κ1) is 30.3. The Bertz CT molecular complexity index is 438. The van der Waals surface area contributed by atoms with Crippen LogP contribution in [0.5, 0.6) is 0 Å². The van der Waals surface area contributed by atoms with Gasteiger partial charge in [0, 0.05) is 19.8 Å². The van der Waals surface area contributed by atoms with E-state index in [0.29, 0.717) is 39.6 Å². The Kier molecular flexibility index (Phi) is 18.9. The van der Waals surface area contributed by atoms with Gasteiger partial charge in [-0.25, -0.2) is 14.4 Å². The van der Waals surface area contributed by atoms with E-state index < -0.39 is 0 Å². The van der Waals surface area contributed by atoms with E-state index in [-0.39, 0.29) is 43.1 Å². The van der Waals surface area contributed by atoms with Crippen LogP contribution in [-0.4, -0.2) is 77.4 Å². The molecule has 0 aliphatic rings. The van der Waals surface area contributed by atoms with Crippen molar-refractivity contribution in [3.05, 3.63) is 0 Å². The number of esters is 3. The van der Waals surface area contributed by atoms with Crippen molar-refractivity contribution >= 4 is 17.9 Å². The first-order chi connectivity index (χ1) is 15.4. The fourth-order valence-corrected chi connectivity index (χ4v) is 3.25. The summed E-state index contributed by atoms with van der Waals surface area (Å²) in [5.41, 5.74) is 0.0217. The van der Waals surface area contributed by atoms with Crippen LogP contribution in [0, 0.1) is 5.41 Å². The lowest BCUT2D eigenvalue weighted by Gasteiger charge is -2.30. The zero-order chi connectivity index (χ0) is 24.1. The van der Waals surface area contributed by atoms with Gasteiger partial charge in [-0.05, 0) is 64.7 Å². The third-order valence-electron chi connectivity index (χ3n) is 4.78. The molecular formula is C23H42O9. The summed E-state index contributed by atoms with van der Waals surface area (Å²) < 4.78 is 30.7. The number of rotatable bonds is 21. The molecule has 32 heavy (non-hydrogen) atoms. The van der Waals surface area contributed by atoms with Crippen LogP contribution in [0.4, 0.5) is 0 Å². The molecule has 0 unspecified atom stereocenters. The molecule has 0 spiro atoms. The van der Waals surface area contributed by atoms with Crippen LogP contribution in [0.15, 0.2) is 0 Å². The van der Waals surface area contributed by atoms with E-state index in [1.54, 1.807) is 20.8 Å². The Balaban J connectivity index is 4.32. The molecule has 0 saturated carbocycles. The predicted octanol–water partition coefficient (Wildman–Crippen LogP) is 3.07. The van der Waals surface area contributed by atoms with Crippen molar-refractivity contribution in [2.75, 3.05) is 59.5 Å². The maximum Gasteiger partial charge on any atom is 0.332 e. The average molecular weight is 463 g/mol. The minimum Gasteiger partial charge on any atom is -0.464 e. The topological polar surface area (TPSA) is 107 Å². The summed E-state index contributed by atoms with van der Waals surface area (Å²) >= 11 is 0. The minimum atomic E-state index is -0.354. The number of carbonyl (C=O) groups is 3. The predicted molar refractivity (Wildman–Crippen MR) is 118 cm³/mol. The largest absolute Gasteiger partial charge is 0.464 e. The van der Waals surface area contributed by atoms with Gasteiger partial charge in [0.25, 0.3) is 0 Å². The van der Waals surface area contributed by atoms with Gasteiger partial charge in [0.2, 0.25) is 0 Å². The van der Waals surface area contributed by atoms with Crippen molar-refractivity contribution in [3.8, 4) is 0 Å². The van der Waals surface area contributed by atoms with Crippen LogP contribution in [0.3, 0.4) is 0 Å². The van der Waals surface area contributed by atoms with Crippen molar-refractivity contribution in [1.82, 2.24) is 0 Å². The number of hydrogen-bond acceptors (Lipinski definition) is 9. The molecule has 0 aliphatic carbocycles. The van der Waals surface area contributed by atoms with Gasteiger partial charge < -0.3 is 28.4 Å². The molecule has 0 N–H and O–H groups in total. The molecule has 0 aromatic carbocycles. The van der Waals surface area contributed by atoms with Gasteiger partial charge in [0.15, 0.2) is 0 Å². The van der Waals surface area contributed by atoms with Gasteiger partial charge in [0.1, 0.15) is 19.8 Å². The highest BCUT2D eigenvalue weighted by atomic mass is 16.6. The standard InChI is InChI=1S/C23H42O9/c1-5-30-20(24)17-27-14-8-11-23(4,12-9-15-28-18-21(25)31-6-2)13-10-16-29-19-22(26)32-7-3/h5-19H2,1-4H3. The quantitative estimate of drug-likeness (QED) is 0.144. The van der Waals surface area contributed by atoms with Crippen molar-refractivity contribution < 1.29 is 42.8 Å². The smallest absolute Gasteiger partial charge is 0.332 e. The Morgan fingerprint density at radius 1 is 0.562 bits per heavy atom. The van der Waals surface area contributed by atoms with Gasteiger partial charge >= 0.3 is 17.9 Å². The van der Waals surface area contributed by atoms with E-state index >= 15 is 0 Å². The van der Waals surface area contributed by atoms with Gasteiger partial charge in [-0.3, -0.25) is 0 Å². The Labute approximate surface area is 192 Å². The van der Waals surface area contributed by atoms with Crippen molar-refractivity contribution in [3.63, 3.8) is 0 Å². The molecule has 0 amide bonds. The zero-order valence-electron chi connectivity index (χ0n) is 20.3. The fraction of sp³-hybridized carbons (Fsp3) is 0.870. The van der Waals surface area contributed by atoms with Crippen molar-refractivity contribution in [2.45, 2.75) is 66.2 Å². The lowest BCUT2D eigenvalue weighted by atomic mass is 9.77. The second-order valence-corrected chi connectivity index (χ2v) is 7.69. The minimum absolute atomic E-state index is 0.0217. The summed E-state index contributed by atoms with van der Waals surface area (Å²) in [6.07, 6.45) is 5.15. The van der Waals surface area contributed by atoms with Crippen LogP contribution >= 0.6 is 0 Å². The molecule has 9 nitrogen and oxygen atoms in total. The monoisotopic (exact) mass is 462 g/mol. The molecule has 0 atom stereocenters. The fourth-order valence-electron chi connectivity index (χ4n) is 3.25. The SMILES string of the molecule is CCOC(=O)COCCCC(C)(CCCOCC(=O)OCC)CCCOCC(=O)OCC. The lowest BCUT2D eigenvalue weighted by Crippen LogP contribution is -2.21. The Morgan fingerprint density at radius 2 is 0.844 bits per heavy atom. The normalized spacial score (nSPS) is 11.2. The maximum atomic E-state index is 11.3.